The summed E-state index contributed by atoms with van der Waals surface area (Å²) in [5, 5.41) is 0. The van der Waals surface area contributed by atoms with Crippen LogP contribution < -0.4 is 0 Å². The lowest BCUT2D eigenvalue weighted by molar-refractivity contribution is 1.29. The van der Waals surface area contributed by atoms with E-state index in [1.54, 1.807) is 0 Å². The third-order valence-corrected chi connectivity index (χ3v) is 4.37. The van der Waals surface area contributed by atoms with Crippen LogP contribution in [0, 0.1) is 0 Å². The summed E-state index contributed by atoms with van der Waals surface area (Å²) in [6.45, 7) is 9.49. The van der Waals surface area contributed by atoms with Crippen LogP contribution in [0.25, 0.3) is 0 Å². The highest BCUT2D eigenvalue weighted by atomic mass is 28.3. The molecule has 0 amide bonds. The van der Waals surface area contributed by atoms with E-state index in [9.17, 15) is 0 Å². The summed E-state index contributed by atoms with van der Waals surface area (Å²) in [4.78, 5) is 0. The third-order valence-electron chi connectivity index (χ3n) is 2.14. The molecule has 0 unspecified atom stereocenters. The standard InChI is InChI=1S/C12H20Si2/c1-13(2)9-11-5-7-12(8-6-11)10-14(3)4/h5-8H,9-10H2,1-4H3. The lowest BCUT2D eigenvalue weighted by Crippen LogP contribution is -2.07. The van der Waals surface area contributed by atoms with Gasteiger partial charge in [-0.1, -0.05) is 61.6 Å². The van der Waals surface area contributed by atoms with Gasteiger partial charge in [0.2, 0.25) is 0 Å². The van der Waals surface area contributed by atoms with Gasteiger partial charge in [0.15, 0.2) is 0 Å². The Morgan fingerprint density at radius 2 is 1.00 bits per heavy atom. The predicted molar refractivity (Wildman–Crippen MR) is 68.8 cm³/mol. The Labute approximate surface area is 91.6 Å². The van der Waals surface area contributed by atoms with Crippen molar-refractivity contribution >= 4 is 17.6 Å². The second kappa shape index (κ2) is 5.51. The van der Waals surface area contributed by atoms with E-state index in [1.165, 1.54) is 23.2 Å². The van der Waals surface area contributed by atoms with Crippen LogP contribution in [0.3, 0.4) is 0 Å². The number of hydrogen-bond donors (Lipinski definition) is 0. The first kappa shape index (κ1) is 11.7. The maximum Gasteiger partial charge on any atom is 0.0460 e. The maximum atomic E-state index is 2.37. The summed E-state index contributed by atoms with van der Waals surface area (Å²) in [5.74, 6) is 0. The van der Waals surface area contributed by atoms with Crippen LogP contribution in [0.15, 0.2) is 24.3 Å². The number of rotatable bonds is 4. The molecule has 0 aliphatic rings. The van der Waals surface area contributed by atoms with Gasteiger partial charge in [0.25, 0.3) is 0 Å². The van der Waals surface area contributed by atoms with Gasteiger partial charge in [0, 0.05) is 17.6 Å². The summed E-state index contributed by atoms with van der Waals surface area (Å²) < 4.78 is 0. The van der Waals surface area contributed by atoms with E-state index in [-0.39, 0.29) is 17.6 Å². The molecule has 0 saturated heterocycles. The van der Waals surface area contributed by atoms with Crippen LogP contribution in [-0.2, 0) is 12.1 Å². The van der Waals surface area contributed by atoms with E-state index in [2.05, 4.69) is 50.5 Å². The maximum absolute atomic E-state index is 2.37. The average molecular weight is 220 g/mol. The molecule has 0 bridgehead atoms. The molecule has 0 nitrogen and oxygen atoms in total. The zero-order chi connectivity index (χ0) is 10.6. The van der Waals surface area contributed by atoms with E-state index in [4.69, 9.17) is 0 Å². The van der Waals surface area contributed by atoms with E-state index in [0.29, 0.717) is 0 Å². The van der Waals surface area contributed by atoms with Crippen molar-refractivity contribution in [1.29, 1.82) is 0 Å². The fourth-order valence-electron chi connectivity index (χ4n) is 1.59. The van der Waals surface area contributed by atoms with Gasteiger partial charge in [0.1, 0.15) is 0 Å². The quantitative estimate of drug-likeness (QED) is 0.683. The molecule has 14 heavy (non-hydrogen) atoms. The zero-order valence-corrected chi connectivity index (χ0v) is 11.7. The van der Waals surface area contributed by atoms with Gasteiger partial charge in [-0.3, -0.25) is 0 Å². The van der Waals surface area contributed by atoms with Gasteiger partial charge in [-0.2, -0.15) is 0 Å². The normalized spacial score (nSPS) is 11.3. The number of hydrogen-bond acceptors (Lipinski definition) is 0. The molecule has 76 valence electrons. The first-order chi connectivity index (χ1) is 6.58. The minimum Gasteiger partial charge on any atom is -0.0710 e. The van der Waals surface area contributed by atoms with Crippen molar-refractivity contribution in [1.82, 2.24) is 0 Å². The summed E-state index contributed by atoms with van der Waals surface area (Å²) in [6, 6.07) is 11.9. The third kappa shape index (κ3) is 4.24. The largest absolute Gasteiger partial charge is 0.0710 e. The fourth-order valence-corrected chi connectivity index (χ4v) is 3.70. The van der Waals surface area contributed by atoms with E-state index < -0.39 is 0 Å². The van der Waals surface area contributed by atoms with Gasteiger partial charge >= 0.3 is 0 Å². The van der Waals surface area contributed by atoms with Crippen LogP contribution in [-0.4, -0.2) is 17.6 Å². The minimum absolute atomic E-state index is 0.116. The summed E-state index contributed by atoms with van der Waals surface area (Å²) in [7, 11) is -0.232. The molecule has 2 heteroatoms. The Hall–Kier alpha value is -0.346. The highest BCUT2D eigenvalue weighted by Gasteiger charge is 2.01. The van der Waals surface area contributed by atoms with E-state index >= 15 is 0 Å². The van der Waals surface area contributed by atoms with Crippen LogP contribution >= 0.6 is 0 Å². The minimum atomic E-state index is -0.116. The molecule has 0 heterocycles. The SMILES string of the molecule is C[Si](C)Cc1ccc(C[Si](C)C)cc1. The van der Waals surface area contributed by atoms with Crippen molar-refractivity contribution in [3.8, 4) is 0 Å². The molecule has 1 aromatic carbocycles. The van der Waals surface area contributed by atoms with Crippen LogP contribution in [0.4, 0.5) is 0 Å². The molecule has 0 aliphatic carbocycles. The zero-order valence-electron chi connectivity index (χ0n) is 9.72. The van der Waals surface area contributed by atoms with E-state index in [0.717, 1.165) is 0 Å². The van der Waals surface area contributed by atoms with Crippen LogP contribution in [0.1, 0.15) is 11.1 Å². The highest BCUT2D eigenvalue weighted by molar-refractivity contribution is 6.55. The molecule has 0 saturated carbocycles. The Bertz CT molecular complexity index is 233. The summed E-state index contributed by atoms with van der Waals surface area (Å²) in [6.07, 6.45) is 0. The van der Waals surface area contributed by atoms with Gasteiger partial charge in [0.05, 0.1) is 0 Å². The lowest BCUT2D eigenvalue weighted by Gasteiger charge is -2.06. The molecule has 0 aromatic heterocycles. The van der Waals surface area contributed by atoms with Crippen molar-refractivity contribution in [2.45, 2.75) is 38.3 Å². The Morgan fingerprint density at radius 1 is 0.714 bits per heavy atom. The molecule has 1 rings (SSSR count). The molecule has 0 aliphatic heterocycles. The molecule has 0 spiro atoms. The Morgan fingerprint density at radius 3 is 1.21 bits per heavy atom. The Kier molecular flexibility index (Phi) is 4.62. The lowest BCUT2D eigenvalue weighted by atomic mass is 10.2. The van der Waals surface area contributed by atoms with Crippen molar-refractivity contribution < 1.29 is 0 Å². The molecule has 0 atom stereocenters. The second-order valence-corrected chi connectivity index (χ2v) is 10.1. The summed E-state index contributed by atoms with van der Waals surface area (Å²) in [5.41, 5.74) is 3.04. The molecular formula is C12H20Si2. The molecule has 0 fully saturated rings. The molecular weight excluding hydrogens is 200 g/mol. The van der Waals surface area contributed by atoms with Gasteiger partial charge in [-0.05, 0) is 12.1 Å². The van der Waals surface area contributed by atoms with Crippen LogP contribution in [0.5, 0.6) is 0 Å². The van der Waals surface area contributed by atoms with Gasteiger partial charge in [-0.25, -0.2) is 0 Å². The second-order valence-electron chi connectivity index (χ2n) is 4.58. The fraction of sp³-hybridized carbons (Fsp3) is 0.500. The highest BCUT2D eigenvalue weighted by Crippen LogP contribution is 2.08. The van der Waals surface area contributed by atoms with Crippen LogP contribution in [0.2, 0.25) is 26.2 Å². The van der Waals surface area contributed by atoms with Crippen molar-refractivity contribution in [2.75, 3.05) is 0 Å². The first-order valence-corrected chi connectivity index (χ1v) is 10.6. The number of benzene rings is 1. The van der Waals surface area contributed by atoms with E-state index in [1.807, 2.05) is 0 Å². The smallest absolute Gasteiger partial charge is 0.0460 e. The van der Waals surface area contributed by atoms with Crippen molar-refractivity contribution in [3.05, 3.63) is 35.4 Å². The van der Waals surface area contributed by atoms with Crippen molar-refractivity contribution in [2.24, 2.45) is 0 Å². The monoisotopic (exact) mass is 220 g/mol. The molecule has 1 aromatic rings. The average Bonchev–Trinajstić information content (AvgIpc) is 2.06. The summed E-state index contributed by atoms with van der Waals surface area (Å²) >= 11 is 0. The van der Waals surface area contributed by atoms with Gasteiger partial charge in [-0.15, -0.1) is 0 Å². The topological polar surface area (TPSA) is 0 Å². The molecule has 0 N–H and O–H groups in total. The first-order valence-electron chi connectivity index (χ1n) is 5.24. The molecule has 2 radical (unpaired) electrons. The predicted octanol–water partition coefficient (Wildman–Crippen LogP) is 3.36. The van der Waals surface area contributed by atoms with Crippen molar-refractivity contribution in [3.63, 3.8) is 0 Å². The Balaban J connectivity index is 2.59. The van der Waals surface area contributed by atoms with Gasteiger partial charge < -0.3 is 0 Å².